The summed E-state index contributed by atoms with van der Waals surface area (Å²) in [6, 6.07) is 4.17. The first-order valence-corrected chi connectivity index (χ1v) is 8.34. The molecule has 0 saturated carbocycles. The lowest BCUT2D eigenvalue weighted by molar-refractivity contribution is -0.150. The summed E-state index contributed by atoms with van der Waals surface area (Å²) in [4.78, 5) is 16.5. The second kappa shape index (κ2) is 8.39. The summed E-state index contributed by atoms with van der Waals surface area (Å²) < 4.78 is 5.12. The van der Waals surface area contributed by atoms with Crippen molar-refractivity contribution in [2.45, 2.75) is 51.1 Å². The molecule has 0 saturated heterocycles. The Hall–Kier alpha value is -1.07. The first-order valence-electron chi connectivity index (χ1n) is 7.35. The van der Waals surface area contributed by atoms with E-state index in [0.29, 0.717) is 6.61 Å². The van der Waals surface area contributed by atoms with Crippen LogP contribution in [0, 0.1) is 13.8 Å². The molecule has 0 aliphatic carbocycles. The molecule has 0 radical (unpaired) electrons. The van der Waals surface area contributed by atoms with Crippen LogP contribution in [0.1, 0.15) is 37.9 Å². The monoisotopic (exact) mass is 310 g/mol. The predicted molar refractivity (Wildman–Crippen MR) is 87.8 cm³/mol. The molecular weight excluding hydrogens is 284 g/mol. The Bertz CT molecular complexity index is 459. The van der Waals surface area contributed by atoms with Crippen LogP contribution in [0.3, 0.4) is 0 Å². The van der Waals surface area contributed by atoms with Gasteiger partial charge in [0.05, 0.1) is 11.6 Å². The number of likely N-dealkylation sites (N-methyl/N-ethyl adjacent to an activating group) is 1. The third-order valence-corrected chi connectivity index (χ3v) is 4.42. The number of aromatic nitrogens is 1. The summed E-state index contributed by atoms with van der Waals surface area (Å²) in [6.45, 7) is 8.23. The maximum absolute atomic E-state index is 11.9. The second-order valence-corrected chi connectivity index (χ2v) is 6.49. The van der Waals surface area contributed by atoms with Crippen molar-refractivity contribution < 1.29 is 9.53 Å². The molecule has 118 valence electrons. The van der Waals surface area contributed by atoms with Gasteiger partial charge in [0.1, 0.15) is 5.54 Å². The quantitative estimate of drug-likeness (QED) is 0.454. The lowest BCUT2D eigenvalue weighted by atomic mass is 9.97. The van der Waals surface area contributed by atoms with Gasteiger partial charge in [-0.3, -0.25) is 4.79 Å². The first kappa shape index (κ1) is 18.0. The average Bonchev–Trinajstić information content (AvgIpc) is 2.42. The van der Waals surface area contributed by atoms with Crippen molar-refractivity contribution in [3.63, 3.8) is 0 Å². The minimum absolute atomic E-state index is 0.179. The molecule has 1 unspecified atom stereocenters. The normalized spacial score (nSPS) is 13.8. The van der Waals surface area contributed by atoms with Gasteiger partial charge in [-0.1, -0.05) is 0 Å². The second-order valence-electron chi connectivity index (χ2n) is 5.38. The highest BCUT2D eigenvalue weighted by molar-refractivity contribution is 7.99. The summed E-state index contributed by atoms with van der Waals surface area (Å²) in [5.41, 5.74) is 1.67. The molecule has 1 atom stereocenters. The highest BCUT2D eigenvalue weighted by Crippen LogP contribution is 2.22. The van der Waals surface area contributed by atoms with Gasteiger partial charge in [0.15, 0.2) is 0 Å². The Morgan fingerprint density at radius 1 is 1.43 bits per heavy atom. The van der Waals surface area contributed by atoms with E-state index >= 15 is 0 Å². The maximum Gasteiger partial charge on any atom is 0.326 e. The number of nitrogens with zero attached hydrogens (tertiary/aromatic N) is 1. The molecule has 0 aromatic carbocycles. The van der Waals surface area contributed by atoms with Crippen molar-refractivity contribution in [1.82, 2.24) is 10.3 Å². The number of pyridine rings is 1. The van der Waals surface area contributed by atoms with Crippen LogP contribution in [-0.4, -0.2) is 35.9 Å². The van der Waals surface area contributed by atoms with Gasteiger partial charge >= 0.3 is 5.97 Å². The third-order valence-electron chi connectivity index (χ3n) is 3.42. The van der Waals surface area contributed by atoms with Crippen LogP contribution < -0.4 is 5.32 Å². The lowest BCUT2D eigenvalue weighted by Gasteiger charge is -2.26. The average molecular weight is 310 g/mol. The molecule has 1 N–H and O–H groups in total. The standard InChI is InChI=1S/C16H26N2O2S/c1-6-20-15(19)16(4,17-5)8-7-9-21-14-11-12(2)10-13(3)18-14/h10-11,17H,6-9H2,1-5H3. The molecule has 21 heavy (non-hydrogen) atoms. The number of ether oxygens (including phenoxy) is 1. The van der Waals surface area contributed by atoms with E-state index in [4.69, 9.17) is 4.74 Å². The lowest BCUT2D eigenvalue weighted by Crippen LogP contribution is -2.48. The highest BCUT2D eigenvalue weighted by atomic mass is 32.2. The molecule has 1 rings (SSSR count). The van der Waals surface area contributed by atoms with E-state index in [1.807, 2.05) is 20.8 Å². The molecule has 1 heterocycles. The largest absolute Gasteiger partial charge is 0.465 e. The number of nitrogens with one attached hydrogen (secondary N) is 1. The van der Waals surface area contributed by atoms with Gasteiger partial charge in [0.2, 0.25) is 0 Å². The molecule has 0 aliphatic rings. The van der Waals surface area contributed by atoms with Gasteiger partial charge in [0.25, 0.3) is 0 Å². The van der Waals surface area contributed by atoms with Gasteiger partial charge in [-0.2, -0.15) is 0 Å². The molecule has 0 aliphatic heterocycles. The minimum atomic E-state index is -0.605. The number of hydrogen-bond donors (Lipinski definition) is 1. The van der Waals surface area contributed by atoms with Gasteiger partial charge < -0.3 is 10.1 Å². The van der Waals surface area contributed by atoms with E-state index in [1.54, 1.807) is 18.8 Å². The summed E-state index contributed by atoms with van der Waals surface area (Å²) in [5, 5.41) is 4.13. The summed E-state index contributed by atoms with van der Waals surface area (Å²) >= 11 is 1.73. The topological polar surface area (TPSA) is 51.2 Å². The molecule has 5 heteroatoms. The number of aryl methyl sites for hydroxylation is 2. The van der Waals surface area contributed by atoms with Crippen molar-refractivity contribution in [2.24, 2.45) is 0 Å². The number of carbonyl (C=O) groups is 1. The molecule has 0 fully saturated rings. The van der Waals surface area contributed by atoms with Crippen LogP contribution in [0.5, 0.6) is 0 Å². The molecular formula is C16H26N2O2S. The van der Waals surface area contributed by atoms with Crippen LogP contribution in [0.15, 0.2) is 17.2 Å². The minimum Gasteiger partial charge on any atom is -0.465 e. The molecule has 1 aromatic heterocycles. The fourth-order valence-corrected chi connectivity index (χ4v) is 3.08. The summed E-state index contributed by atoms with van der Waals surface area (Å²) in [6.07, 6.45) is 1.68. The van der Waals surface area contributed by atoms with Gasteiger partial charge in [0, 0.05) is 5.69 Å². The SMILES string of the molecule is CCOC(=O)C(C)(CCCSc1cc(C)cc(C)n1)NC. The van der Waals surface area contributed by atoms with Crippen molar-refractivity contribution in [3.8, 4) is 0 Å². The van der Waals surface area contributed by atoms with E-state index in [9.17, 15) is 4.79 Å². The van der Waals surface area contributed by atoms with Crippen molar-refractivity contribution >= 4 is 17.7 Å². The Balaban J connectivity index is 2.46. The molecule has 0 spiro atoms. The van der Waals surface area contributed by atoms with Crippen molar-refractivity contribution in [2.75, 3.05) is 19.4 Å². The summed E-state index contributed by atoms with van der Waals surface area (Å²) in [5.74, 6) is 0.758. The van der Waals surface area contributed by atoms with E-state index in [0.717, 1.165) is 29.3 Å². The van der Waals surface area contributed by atoms with Crippen LogP contribution in [0.25, 0.3) is 0 Å². The van der Waals surface area contributed by atoms with E-state index in [-0.39, 0.29) is 5.97 Å². The van der Waals surface area contributed by atoms with Crippen LogP contribution in [0.2, 0.25) is 0 Å². The van der Waals surface area contributed by atoms with Gasteiger partial charge in [-0.25, -0.2) is 4.98 Å². The highest BCUT2D eigenvalue weighted by Gasteiger charge is 2.32. The van der Waals surface area contributed by atoms with Gasteiger partial charge in [-0.15, -0.1) is 11.8 Å². The Morgan fingerprint density at radius 2 is 2.14 bits per heavy atom. The Labute approximate surface area is 132 Å². The zero-order valence-electron chi connectivity index (χ0n) is 13.7. The van der Waals surface area contributed by atoms with E-state index in [1.165, 1.54) is 5.56 Å². The summed E-state index contributed by atoms with van der Waals surface area (Å²) in [7, 11) is 1.80. The van der Waals surface area contributed by atoms with Gasteiger partial charge in [-0.05, 0) is 71.0 Å². The zero-order chi connectivity index (χ0) is 15.9. The molecule has 1 aromatic rings. The van der Waals surface area contributed by atoms with Crippen LogP contribution in [-0.2, 0) is 9.53 Å². The van der Waals surface area contributed by atoms with Crippen LogP contribution in [0.4, 0.5) is 0 Å². The Morgan fingerprint density at radius 3 is 2.71 bits per heavy atom. The van der Waals surface area contributed by atoms with E-state index in [2.05, 4.69) is 29.4 Å². The van der Waals surface area contributed by atoms with Crippen molar-refractivity contribution in [1.29, 1.82) is 0 Å². The number of thioether (sulfide) groups is 1. The number of hydrogen-bond acceptors (Lipinski definition) is 5. The number of rotatable bonds is 8. The Kier molecular flexibility index (Phi) is 7.18. The number of carbonyl (C=O) groups excluding carboxylic acids is 1. The fourth-order valence-electron chi connectivity index (χ4n) is 2.10. The molecule has 0 bridgehead atoms. The number of esters is 1. The van der Waals surface area contributed by atoms with Crippen molar-refractivity contribution in [3.05, 3.63) is 23.4 Å². The first-order chi connectivity index (χ1) is 9.91. The van der Waals surface area contributed by atoms with E-state index < -0.39 is 5.54 Å². The molecule has 0 amide bonds. The zero-order valence-corrected chi connectivity index (χ0v) is 14.5. The predicted octanol–water partition coefficient (Wildman–Crippen LogP) is 3.11. The van der Waals surface area contributed by atoms with Crippen LogP contribution >= 0.6 is 11.8 Å². The third kappa shape index (κ3) is 5.67. The fraction of sp³-hybridized carbons (Fsp3) is 0.625. The smallest absolute Gasteiger partial charge is 0.326 e. The molecule has 4 nitrogen and oxygen atoms in total. The maximum atomic E-state index is 11.9.